The molecule has 0 radical (unpaired) electrons. The number of aryl methyl sites for hydroxylation is 1. The summed E-state index contributed by atoms with van der Waals surface area (Å²) in [5, 5.41) is 0. The van der Waals surface area contributed by atoms with Crippen LogP contribution in [0.25, 0.3) is 22.4 Å². The van der Waals surface area contributed by atoms with E-state index in [2.05, 4.69) is 11.1 Å². The van der Waals surface area contributed by atoms with Gasteiger partial charge in [-0.15, -0.1) is 23.8 Å². The molecule has 8 heteroatoms. The molecule has 0 N–H and O–H groups in total. The molecule has 1 nitrogen and oxygen atoms in total. The Kier molecular flexibility index (Phi) is 5.65. The Morgan fingerprint density at radius 2 is 1.57 bits per heavy atom. The Labute approximate surface area is 183 Å². The van der Waals surface area contributed by atoms with Crippen molar-refractivity contribution in [1.82, 2.24) is 4.98 Å². The Morgan fingerprint density at radius 3 is 2.20 bits per heavy atom. The smallest absolute Gasteiger partial charge is 0.305 e. The summed E-state index contributed by atoms with van der Waals surface area (Å²) in [7, 11) is 0. The molecule has 0 unspecified atom stereocenters. The van der Waals surface area contributed by atoms with Crippen molar-refractivity contribution >= 4 is 0 Å². The first-order valence-corrected chi connectivity index (χ1v) is 8.86. The van der Waals surface area contributed by atoms with Gasteiger partial charge in [0.2, 0.25) is 0 Å². The molecule has 160 valence electrons. The van der Waals surface area contributed by atoms with Crippen LogP contribution in [0.2, 0.25) is 0 Å². The fourth-order valence-corrected chi connectivity index (χ4v) is 3.98. The van der Waals surface area contributed by atoms with E-state index < -0.39 is 28.9 Å². The molecular formula is C22H14F6NPt-. The summed E-state index contributed by atoms with van der Waals surface area (Å²) in [4.78, 5) is 4.11. The number of benzene rings is 2. The number of alkyl halides is 6. The maximum Gasteiger partial charge on any atom is 0.409 e. The number of aromatic nitrogens is 1. The minimum Gasteiger partial charge on any atom is -0.305 e. The van der Waals surface area contributed by atoms with E-state index in [1.807, 2.05) is 6.92 Å². The average Bonchev–Trinajstić information content (AvgIpc) is 2.98. The summed E-state index contributed by atoms with van der Waals surface area (Å²) in [6.45, 7) is 1.89. The molecule has 0 bridgehead atoms. The van der Waals surface area contributed by atoms with Crippen molar-refractivity contribution in [2.75, 3.05) is 0 Å². The zero-order valence-corrected chi connectivity index (χ0v) is 17.7. The van der Waals surface area contributed by atoms with Gasteiger partial charge in [0.1, 0.15) is 0 Å². The number of hydrogen-bond acceptors (Lipinski definition) is 1. The van der Waals surface area contributed by atoms with E-state index in [1.54, 1.807) is 12.1 Å². The quantitative estimate of drug-likeness (QED) is 0.242. The first-order chi connectivity index (χ1) is 13.6. The number of halogens is 6. The van der Waals surface area contributed by atoms with Gasteiger partial charge < -0.3 is 4.98 Å². The normalized spacial score (nSPS) is 14.6. The second kappa shape index (κ2) is 7.52. The zero-order chi connectivity index (χ0) is 21.0. The van der Waals surface area contributed by atoms with Crippen molar-refractivity contribution in [1.29, 1.82) is 0 Å². The van der Waals surface area contributed by atoms with Crippen LogP contribution < -0.4 is 0 Å². The largest absolute Gasteiger partial charge is 0.409 e. The van der Waals surface area contributed by atoms with Crippen LogP contribution in [-0.4, -0.2) is 17.3 Å². The molecule has 0 fully saturated rings. The molecule has 0 spiro atoms. The van der Waals surface area contributed by atoms with Crippen LogP contribution in [0.3, 0.4) is 0 Å². The van der Waals surface area contributed by atoms with Crippen molar-refractivity contribution in [3.8, 4) is 22.4 Å². The number of hydrogen-bond donors (Lipinski definition) is 0. The molecule has 0 aliphatic heterocycles. The summed E-state index contributed by atoms with van der Waals surface area (Å²) < 4.78 is 85.1. The van der Waals surface area contributed by atoms with Gasteiger partial charge in [-0.25, -0.2) is 0 Å². The molecule has 3 aromatic rings. The van der Waals surface area contributed by atoms with Gasteiger partial charge in [0.25, 0.3) is 0 Å². The fourth-order valence-electron chi connectivity index (χ4n) is 3.98. The van der Waals surface area contributed by atoms with Crippen molar-refractivity contribution in [3.63, 3.8) is 0 Å². The molecule has 30 heavy (non-hydrogen) atoms. The Morgan fingerprint density at radius 1 is 0.900 bits per heavy atom. The monoisotopic (exact) mass is 601 g/mol. The third-order valence-corrected chi connectivity index (χ3v) is 5.34. The second-order valence-corrected chi connectivity index (χ2v) is 6.87. The first kappa shape index (κ1) is 22.5. The van der Waals surface area contributed by atoms with Crippen molar-refractivity contribution < 1.29 is 47.4 Å². The van der Waals surface area contributed by atoms with Gasteiger partial charge in [-0.2, -0.15) is 26.3 Å². The molecule has 0 atom stereocenters. The molecule has 1 heterocycles. The van der Waals surface area contributed by atoms with Crippen molar-refractivity contribution in [3.05, 3.63) is 77.5 Å². The van der Waals surface area contributed by atoms with Crippen LogP contribution in [0, 0.1) is 6.07 Å². The van der Waals surface area contributed by atoms with E-state index in [0.717, 1.165) is 17.7 Å². The van der Waals surface area contributed by atoms with Gasteiger partial charge in [-0.1, -0.05) is 59.5 Å². The van der Waals surface area contributed by atoms with E-state index >= 15 is 0 Å². The van der Waals surface area contributed by atoms with Crippen LogP contribution in [0.1, 0.15) is 23.6 Å². The van der Waals surface area contributed by atoms with E-state index in [4.69, 9.17) is 0 Å². The molecule has 0 saturated carbocycles. The molecule has 2 aromatic carbocycles. The summed E-state index contributed by atoms with van der Waals surface area (Å²) in [5.41, 5.74) is -4.72. The van der Waals surface area contributed by atoms with Gasteiger partial charge in [-0.05, 0) is 23.7 Å². The first-order valence-electron chi connectivity index (χ1n) is 8.86. The molecular weight excluding hydrogens is 587 g/mol. The second-order valence-electron chi connectivity index (χ2n) is 6.87. The van der Waals surface area contributed by atoms with Crippen LogP contribution in [0.5, 0.6) is 0 Å². The Balaban J connectivity index is 0.00000256. The summed E-state index contributed by atoms with van der Waals surface area (Å²) in [6.07, 6.45) is -9.03. The zero-order valence-electron chi connectivity index (χ0n) is 15.4. The third kappa shape index (κ3) is 3.09. The van der Waals surface area contributed by atoms with Crippen LogP contribution in [0.4, 0.5) is 26.3 Å². The Bertz CT molecular complexity index is 1070. The van der Waals surface area contributed by atoms with Crippen molar-refractivity contribution in [2.24, 2.45) is 0 Å². The number of rotatable bonds is 2. The average molecular weight is 601 g/mol. The van der Waals surface area contributed by atoms with Crippen LogP contribution in [-0.2, 0) is 32.9 Å². The van der Waals surface area contributed by atoms with Gasteiger partial charge in [0.15, 0.2) is 5.41 Å². The molecule has 0 amide bonds. The minimum absolute atomic E-state index is 0. The van der Waals surface area contributed by atoms with Gasteiger partial charge in [-0.3, -0.25) is 0 Å². The maximum absolute atomic E-state index is 14.2. The standard InChI is InChI=1S/C22H14F6N.Pt/c1-2-13-9-10-29-19(11-13)14-7-8-16-15-5-3-4-6-17(15)20(18(16)12-14,21(23,24)25)22(26,27)28;/h3-6,8-12H,2H2,1H3;/q-1;. The van der Waals surface area contributed by atoms with E-state index in [1.165, 1.54) is 30.5 Å². The van der Waals surface area contributed by atoms with Gasteiger partial charge in [0.05, 0.1) is 0 Å². The molecule has 1 aliphatic rings. The predicted octanol–water partition coefficient (Wildman–Crippen LogP) is 6.50. The predicted molar refractivity (Wildman–Crippen MR) is 96.2 cm³/mol. The maximum atomic E-state index is 14.2. The van der Waals surface area contributed by atoms with Crippen LogP contribution >= 0.6 is 0 Å². The minimum atomic E-state index is -5.58. The summed E-state index contributed by atoms with van der Waals surface area (Å²) >= 11 is 0. The van der Waals surface area contributed by atoms with E-state index in [0.29, 0.717) is 6.42 Å². The number of pyridine rings is 1. The molecule has 0 saturated heterocycles. The van der Waals surface area contributed by atoms with Crippen molar-refractivity contribution in [2.45, 2.75) is 31.1 Å². The van der Waals surface area contributed by atoms with E-state index in [9.17, 15) is 26.3 Å². The molecule has 4 rings (SSSR count). The third-order valence-electron chi connectivity index (χ3n) is 5.34. The summed E-state index contributed by atoms with van der Waals surface area (Å²) in [6, 6.07) is 13.1. The van der Waals surface area contributed by atoms with Gasteiger partial charge in [0, 0.05) is 27.3 Å². The number of fused-ring (bicyclic) bond motifs is 3. The van der Waals surface area contributed by atoms with Gasteiger partial charge >= 0.3 is 12.4 Å². The molecule has 1 aliphatic carbocycles. The SMILES string of the molecule is CCc1ccnc(-c2[c-]cc3c(c2)C(C(F)(F)F)(C(F)(F)F)c2ccccc2-3)c1.[Pt]. The number of nitrogens with zero attached hydrogens (tertiary/aromatic N) is 1. The topological polar surface area (TPSA) is 12.9 Å². The van der Waals surface area contributed by atoms with Crippen LogP contribution in [0.15, 0.2) is 54.7 Å². The summed E-state index contributed by atoms with van der Waals surface area (Å²) in [5.74, 6) is 0. The Hall–Kier alpha value is -2.14. The molecule has 1 aromatic heterocycles. The fraction of sp³-hybridized carbons (Fsp3) is 0.227. The van der Waals surface area contributed by atoms with E-state index in [-0.39, 0.29) is 43.4 Å².